The maximum absolute atomic E-state index is 11.5. The van der Waals surface area contributed by atoms with E-state index < -0.39 is 10.0 Å². The Morgan fingerprint density at radius 1 is 1.21 bits per heavy atom. The number of fused-ring (bicyclic) bond motifs is 1. The van der Waals surface area contributed by atoms with E-state index in [9.17, 15) is 8.42 Å². The minimum atomic E-state index is -3.68. The van der Waals surface area contributed by atoms with Gasteiger partial charge in [-0.25, -0.2) is 13.6 Å². The third-order valence-corrected chi connectivity index (χ3v) is 5.16. The van der Waals surface area contributed by atoms with Gasteiger partial charge in [0.15, 0.2) is 0 Å². The summed E-state index contributed by atoms with van der Waals surface area (Å²) in [5, 5.41) is 5.87. The molecule has 7 heteroatoms. The van der Waals surface area contributed by atoms with Crippen molar-refractivity contribution in [2.24, 2.45) is 5.14 Å². The number of halogens is 1. The molecule has 1 aliphatic heterocycles. The molecule has 0 saturated heterocycles. The van der Waals surface area contributed by atoms with Crippen LogP contribution in [0.4, 0.5) is 5.69 Å². The number of primary sulfonamides is 1. The summed E-state index contributed by atoms with van der Waals surface area (Å²) in [7, 11) is -3.68. The molecule has 3 rings (SSSR count). The van der Waals surface area contributed by atoms with Crippen LogP contribution in [0.25, 0.3) is 0 Å². The zero-order valence-electron chi connectivity index (χ0n) is 13.1. The molecule has 0 bridgehead atoms. The number of nitrogens with zero attached hydrogens (tertiary/aromatic N) is 1. The molecule has 0 spiro atoms. The molecule has 0 aliphatic carbocycles. The number of sulfonamides is 1. The van der Waals surface area contributed by atoms with Gasteiger partial charge in [-0.15, -0.1) is 0 Å². The summed E-state index contributed by atoms with van der Waals surface area (Å²) in [6.45, 7) is 2.24. The predicted molar refractivity (Wildman–Crippen MR) is 95.3 cm³/mol. The molecule has 0 saturated carbocycles. The number of hydrogen-bond donors (Lipinski definition) is 1. The summed E-state index contributed by atoms with van der Waals surface area (Å²) < 4.78 is 28.7. The molecular formula is C17H19ClN2O3S. The fourth-order valence-corrected chi connectivity index (χ4v) is 3.55. The van der Waals surface area contributed by atoms with Gasteiger partial charge in [-0.2, -0.15) is 0 Å². The normalized spacial score (nSPS) is 13.8. The summed E-state index contributed by atoms with van der Waals surface area (Å²) in [6, 6.07) is 12.4. The molecule has 128 valence electrons. The van der Waals surface area contributed by atoms with Crippen LogP contribution in [0.5, 0.6) is 5.75 Å². The van der Waals surface area contributed by atoms with Crippen molar-refractivity contribution in [3.63, 3.8) is 0 Å². The molecule has 2 aromatic carbocycles. The van der Waals surface area contributed by atoms with Crippen LogP contribution in [0.2, 0.25) is 5.02 Å². The summed E-state index contributed by atoms with van der Waals surface area (Å²) in [4.78, 5) is 2.33. The molecule has 24 heavy (non-hydrogen) atoms. The van der Waals surface area contributed by atoms with Gasteiger partial charge in [0.05, 0.1) is 11.5 Å². The van der Waals surface area contributed by atoms with Crippen LogP contribution < -0.4 is 14.8 Å². The van der Waals surface area contributed by atoms with Gasteiger partial charge in [0.2, 0.25) is 10.0 Å². The predicted octanol–water partition coefficient (Wildman–Crippen LogP) is 2.82. The number of hydrogen-bond acceptors (Lipinski definition) is 4. The Hall–Kier alpha value is -1.76. The highest BCUT2D eigenvalue weighted by Crippen LogP contribution is 2.30. The standard InChI is InChI=1S/C17H19ClN2O3S/c18-14-3-1-4-15(11-14)23-10-2-8-20-9-7-13-5-6-16(12-17(13)20)24(19,21)22/h1,3-6,11-12H,2,7-10H2,(H2,19,21,22). The van der Waals surface area contributed by atoms with E-state index in [0.717, 1.165) is 42.9 Å². The Morgan fingerprint density at radius 2 is 2.04 bits per heavy atom. The second-order valence-corrected chi connectivity index (χ2v) is 7.73. The third-order valence-electron chi connectivity index (χ3n) is 4.01. The highest BCUT2D eigenvalue weighted by Gasteiger charge is 2.21. The van der Waals surface area contributed by atoms with Gasteiger partial charge in [-0.05, 0) is 48.7 Å². The molecule has 0 fully saturated rings. The Kier molecular flexibility index (Phi) is 4.99. The van der Waals surface area contributed by atoms with E-state index in [1.54, 1.807) is 24.3 Å². The van der Waals surface area contributed by atoms with E-state index in [1.807, 2.05) is 18.2 Å². The van der Waals surface area contributed by atoms with Crippen molar-refractivity contribution in [2.45, 2.75) is 17.7 Å². The quantitative estimate of drug-likeness (QED) is 0.798. The number of nitrogens with two attached hydrogens (primary N) is 1. The van der Waals surface area contributed by atoms with E-state index in [0.29, 0.717) is 11.6 Å². The largest absolute Gasteiger partial charge is 0.493 e. The topological polar surface area (TPSA) is 72.6 Å². The summed E-state index contributed by atoms with van der Waals surface area (Å²) >= 11 is 5.92. The van der Waals surface area contributed by atoms with Crippen molar-refractivity contribution >= 4 is 27.3 Å². The lowest BCUT2D eigenvalue weighted by Crippen LogP contribution is -2.23. The van der Waals surface area contributed by atoms with Gasteiger partial charge in [0.1, 0.15) is 5.75 Å². The monoisotopic (exact) mass is 366 g/mol. The summed E-state index contributed by atoms with van der Waals surface area (Å²) in [5.74, 6) is 0.751. The maximum Gasteiger partial charge on any atom is 0.238 e. The van der Waals surface area contributed by atoms with Gasteiger partial charge < -0.3 is 9.64 Å². The molecule has 1 heterocycles. The van der Waals surface area contributed by atoms with E-state index >= 15 is 0 Å². The van der Waals surface area contributed by atoms with Gasteiger partial charge >= 0.3 is 0 Å². The lowest BCUT2D eigenvalue weighted by atomic mass is 10.2. The van der Waals surface area contributed by atoms with Crippen molar-refractivity contribution in [1.82, 2.24) is 0 Å². The summed E-state index contributed by atoms with van der Waals surface area (Å²) in [5.41, 5.74) is 2.10. The second-order valence-electron chi connectivity index (χ2n) is 5.73. The molecule has 2 aromatic rings. The van der Waals surface area contributed by atoms with Crippen molar-refractivity contribution in [3.8, 4) is 5.75 Å². The average molecular weight is 367 g/mol. The molecular weight excluding hydrogens is 348 g/mol. The van der Waals surface area contributed by atoms with Gasteiger partial charge in [0.25, 0.3) is 0 Å². The van der Waals surface area contributed by atoms with E-state index in [1.165, 1.54) is 0 Å². The number of anilines is 1. The number of ether oxygens (including phenoxy) is 1. The van der Waals surface area contributed by atoms with Crippen LogP contribution >= 0.6 is 11.6 Å². The van der Waals surface area contributed by atoms with Crippen LogP contribution in [0.3, 0.4) is 0 Å². The molecule has 5 nitrogen and oxygen atoms in total. The maximum atomic E-state index is 11.5. The van der Waals surface area contributed by atoms with E-state index in [2.05, 4.69) is 4.90 Å². The fourth-order valence-electron chi connectivity index (χ4n) is 2.84. The van der Waals surface area contributed by atoms with Crippen molar-refractivity contribution in [3.05, 3.63) is 53.1 Å². The van der Waals surface area contributed by atoms with Crippen LogP contribution in [-0.2, 0) is 16.4 Å². The van der Waals surface area contributed by atoms with Crippen LogP contribution in [-0.4, -0.2) is 28.1 Å². The first-order chi connectivity index (χ1) is 11.4. The minimum absolute atomic E-state index is 0.156. The highest BCUT2D eigenvalue weighted by atomic mass is 35.5. The smallest absolute Gasteiger partial charge is 0.238 e. The summed E-state index contributed by atoms with van der Waals surface area (Å²) in [6.07, 6.45) is 1.74. The highest BCUT2D eigenvalue weighted by molar-refractivity contribution is 7.89. The molecule has 0 amide bonds. The first kappa shape index (κ1) is 17.1. The molecule has 0 unspecified atom stereocenters. The van der Waals surface area contributed by atoms with Gasteiger partial charge in [0, 0.05) is 23.8 Å². The van der Waals surface area contributed by atoms with E-state index in [-0.39, 0.29) is 4.90 Å². The fraction of sp³-hybridized carbons (Fsp3) is 0.294. The zero-order valence-corrected chi connectivity index (χ0v) is 14.7. The van der Waals surface area contributed by atoms with Gasteiger partial charge in [-0.3, -0.25) is 0 Å². The van der Waals surface area contributed by atoms with Crippen molar-refractivity contribution in [1.29, 1.82) is 0 Å². The Labute approximate surface area is 147 Å². The average Bonchev–Trinajstić information content (AvgIpc) is 2.93. The van der Waals surface area contributed by atoms with Gasteiger partial charge in [-0.1, -0.05) is 23.7 Å². The molecule has 1 aliphatic rings. The Bertz CT molecular complexity index is 839. The minimum Gasteiger partial charge on any atom is -0.493 e. The number of benzene rings is 2. The molecule has 0 atom stereocenters. The number of rotatable bonds is 6. The second kappa shape index (κ2) is 7.01. The molecule has 2 N–H and O–H groups in total. The lowest BCUT2D eigenvalue weighted by Gasteiger charge is -2.20. The molecule has 0 radical (unpaired) electrons. The van der Waals surface area contributed by atoms with Crippen molar-refractivity contribution in [2.75, 3.05) is 24.6 Å². The van der Waals surface area contributed by atoms with Crippen molar-refractivity contribution < 1.29 is 13.2 Å². The molecule has 0 aromatic heterocycles. The third kappa shape index (κ3) is 4.01. The Balaban J connectivity index is 1.58. The zero-order chi connectivity index (χ0) is 17.2. The Morgan fingerprint density at radius 3 is 2.79 bits per heavy atom. The first-order valence-electron chi connectivity index (χ1n) is 7.72. The first-order valence-corrected chi connectivity index (χ1v) is 9.65. The van der Waals surface area contributed by atoms with Crippen LogP contribution in [0.15, 0.2) is 47.4 Å². The van der Waals surface area contributed by atoms with Crippen LogP contribution in [0.1, 0.15) is 12.0 Å². The SMILES string of the molecule is NS(=O)(=O)c1ccc2c(c1)N(CCCOc1cccc(Cl)c1)CC2. The lowest BCUT2D eigenvalue weighted by molar-refractivity contribution is 0.312. The van der Waals surface area contributed by atoms with E-state index in [4.69, 9.17) is 21.5 Å². The van der Waals surface area contributed by atoms with Crippen LogP contribution in [0, 0.1) is 0 Å².